The van der Waals surface area contributed by atoms with Gasteiger partial charge in [0.2, 0.25) is 0 Å². The quantitative estimate of drug-likeness (QED) is 0.789. The van der Waals surface area contributed by atoms with Crippen molar-refractivity contribution in [3.05, 3.63) is 41.3 Å². The number of nitrogens with zero attached hydrogens (tertiary/aromatic N) is 1. The van der Waals surface area contributed by atoms with E-state index in [1.54, 1.807) is 31.2 Å². The van der Waals surface area contributed by atoms with Crippen LogP contribution in [0.15, 0.2) is 28.8 Å². The highest BCUT2D eigenvalue weighted by atomic mass is 16.5. The number of hydrogen-bond acceptors (Lipinski definition) is 6. The molecule has 2 aromatic rings. The summed E-state index contributed by atoms with van der Waals surface area (Å²) in [4.78, 5) is 11.8. The number of carbonyl (C=O) groups is 1. The first-order valence-electron chi connectivity index (χ1n) is 6.42. The Kier molecular flexibility index (Phi) is 4.47. The van der Waals surface area contributed by atoms with E-state index in [1.165, 1.54) is 14.2 Å². The molecule has 0 saturated heterocycles. The Labute approximate surface area is 122 Å². The molecule has 1 heterocycles. The number of esters is 1. The number of para-hydroxylation sites is 1. The molecule has 112 valence electrons. The molecule has 0 spiro atoms. The molecule has 6 nitrogen and oxygen atoms in total. The van der Waals surface area contributed by atoms with Gasteiger partial charge in [0.1, 0.15) is 5.56 Å². The Bertz CT molecular complexity index is 635. The largest absolute Gasteiger partial charge is 0.493 e. The van der Waals surface area contributed by atoms with Crippen molar-refractivity contribution in [3.63, 3.8) is 0 Å². The molecule has 0 aliphatic heterocycles. The van der Waals surface area contributed by atoms with E-state index in [9.17, 15) is 4.79 Å². The Balaban J connectivity index is 2.35. The van der Waals surface area contributed by atoms with Crippen LogP contribution in [0.4, 0.5) is 0 Å². The summed E-state index contributed by atoms with van der Waals surface area (Å²) < 4.78 is 21.0. The summed E-state index contributed by atoms with van der Waals surface area (Å²) in [6.07, 6.45) is -0.425. The molecule has 2 rings (SSSR count). The van der Waals surface area contributed by atoms with Gasteiger partial charge in [-0.05, 0) is 26.0 Å². The third kappa shape index (κ3) is 3.16. The van der Waals surface area contributed by atoms with Crippen molar-refractivity contribution in [1.29, 1.82) is 0 Å². The third-order valence-corrected chi connectivity index (χ3v) is 2.95. The molecule has 6 heteroatoms. The maximum atomic E-state index is 11.8. The molecule has 0 saturated carbocycles. The van der Waals surface area contributed by atoms with E-state index < -0.39 is 12.1 Å². The van der Waals surface area contributed by atoms with E-state index in [0.717, 1.165) is 5.69 Å². The molecule has 0 aliphatic carbocycles. The summed E-state index contributed by atoms with van der Waals surface area (Å²) in [7, 11) is 2.82. The van der Waals surface area contributed by atoms with Crippen molar-refractivity contribution in [2.75, 3.05) is 14.2 Å². The zero-order valence-electron chi connectivity index (χ0n) is 12.4. The van der Waals surface area contributed by atoms with Gasteiger partial charge in [-0.25, -0.2) is 4.79 Å². The summed E-state index contributed by atoms with van der Waals surface area (Å²) in [6, 6.07) is 6.79. The lowest BCUT2D eigenvalue weighted by Gasteiger charge is -2.17. The number of rotatable bonds is 5. The number of methoxy groups -OCH3 is 2. The van der Waals surface area contributed by atoms with Crippen LogP contribution in [-0.2, 0) is 4.74 Å². The van der Waals surface area contributed by atoms with Crippen LogP contribution in [0.1, 0.15) is 34.8 Å². The Morgan fingerprint density at radius 1 is 1.33 bits per heavy atom. The monoisotopic (exact) mass is 291 g/mol. The molecular weight excluding hydrogens is 274 g/mol. The van der Waals surface area contributed by atoms with Gasteiger partial charge in [0.05, 0.1) is 19.9 Å². The fourth-order valence-corrected chi connectivity index (χ4v) is 1.88. The number of aryl methyl sites for hydroxylation is 1. The zero-order valence-corrected chi connectivity index (χ0v) is 12.4. The zero-order chi connectivity index (χ0) is 15.4. The SMILES string of the molecule is COC(=O)c1cccc(OC)c1OC(C)c1cc(C)no1. The molecule has 0 radical (unpaired) electrons. The molecule has 1 atom stereocenters. The molecular formula is C15H17NO5. The van der Waals surface area contributed by atoms with Crippen LogP contribution in [-0.4, -0.2) is 25.3 Å². The van der Waals surface area contributed by atoms with Gasteiger partial charge in [0, 0.05) is 6.07 Å². The molecule has 1 aromatic heterocycles. The van der Waals surface area contributed by atoms with Gasteiger partial charge in [-0.2, -0.15) is 0 Å². The number of ether oxygens (including phenoxy) is 3. The van der Waals surface area contributed by atoms with Crippen molar-refractivity contribution in [1.82, 2.24) is 5.16 Å². The van der Waals surface area contributed by atoms with Crippen molar-refractivity contribution < 1.29 is 23.5 Å². The van der Waals surface area contributed by atoms with E-state index >= 15 is 0 Å². The Morgan fingerprint density at radius 2 is 2.10 bits per heavy atom. The standard InChI is InChI=1S/C15H17NO5/c1-9-8-13(21-16-9)10(2)20-14-11(15(17)19-4)6-5-7-12(14)18-3/h5-8,10H,1-4H3. The second-order valence-corrected chi connectivity index (χ2v) is 4.46. The van der Waals surface area contributed by atoms with E-state index in [-0.39, 0.29) is 0 Å². The fourth-order valence-electron chi connectivity index (χ4n) is 1.88. The maximum absolute atomic E-state index is 11.8. The highest BCUT2D eigenvalue weighted by Crippen LogP contribution is 2.35. The second kappa shape index (κ2) is 6.30. The number of hydrogen-bond donors (Lipinski definition) is 0. The van der Waals surface area contributed by atoms with Crippen LogP contribution in [0.2, 0.25) is 0 Å². The molecule has 21 heavy (non-hydrogen) atoms. The normalized spacial score (nSPS) is 11.8. The van der Waals surface area contributed by atoms with Crippen LogP contribution < -0.4 is 9.47 Å². The Morgan fingerprint density at radius 3 is 2.67 bits per heavy atom. The molecule has 0 N–H and O–H groups in total. The number of benzene rings is 1. The lowest BCUT2D eigenvalue weighted by molar-refractivity contribution is 0.0591. The Hall–Kier alpha value is -2.50. The smallest absolute Gasteiger partial charge is 0.341 e. The predicted octanol–water partition coefficient (Wildman–Crippen LogP) is 2.92. The van der Waals surface area contributed by atoms with Crippen molar-refractivity contribution in [3.8, 4) is 11.5 Å². The second-order valence-electron chi connectivity index (χ2n) is 4.46. The maximum Gasteiger partial charge on any atom is 0.341 e. The highest BCUT2D eigenvalue weighted by Gasteiger charge is 2.22. The molecule has 0 amide bonds. The van der Waals surface area contributed by atoms with Gasteiger partial charge in [0.15, 0.2) is 23.4 Å². The van der Waals surface area contributed by atoms with Crippen molar-refractivity contribution in [2.45, 2.75) is 20.0 Å². The first-order chi connectivity index (χ1) is 10.1. The van der Waals surface area contributed by atoms with Gasteiger partial charge < -0.3 is 18.7 Å². The minimum Gasteiger partial charge on any atom is -0.493 e. The lowest BCUT2D eigenvalue weighted by atomic mass is 10.1. The predicted molar refractivity (Wildman–Crippen MR) is 74.6 cm³/mol. The average molecular weight is 291 g/mol. The van der Waals surface area contributed by atoms with Crippen LogP contribution in [0, 0.1) is 6.92 Å². The minimum absolute atomic E-state index is 0.292. The molecule has 1 unspecified atom stereocenters. The van der Waals surface area contributed by atoms with E-state index in [4.69, 9.17) is 18.7 Å². The first-order valence-corrected chi connectivity index (χ1v) is 6.42. The van der Waals surface area contributed by atoms with Crippen LogP contribution in [0.25, 0.3) is 0 Å². The lowest BCUT2D eigenvalue weighted by Crippen LogP contribution is -2.09. The fraction of sp³-hybridized carbons (Fsp3) is 0.333. The highest BCUT2D eigenvalue weighted by molar-refractivity contribution is 5.93. The summed E-state index contributed by atoms with van der Waals surface area (Å²) in [5.74, 6) is 0.827. The first kappa shape index (κ1) is 14.9. The van der Waals surface area contributed by atoms with Crippen LogP contribution in [0.5, 0.6) is 11.5 Å². The van der Waals surface area contributed by atoms with Crippen LogP contribution in [0.3, 0.4) is 0 Å². The molecule has 0 aliphatic rings. The van der Waals surface area contributed by atoms with E-state index in [0.29, 0.717) is 22.8 Å². The molecule has 1 aromatic carbocycles. The van der Waals surface area contributed by atoms with Gasteiger partial charge in [-0.15, -0.1) is 0 Å². The molecule has 0 bridgehead atoms. The average Bonchev–Trinajstić information content (AvgIpc) is 2.93. The minimum atomic E-state index is -0.496. The van der Waals surface area contributed by atoms with E-state index in [1.807, 2.05) is 6.92 Å². The summed E-state index contributed by atoms with van der Waals surface area (Å²) in [5, 5.41) is 3.82. The topological polar surface area (TPSA) is 70.8 Å². The van der Waals surface area contributed by atoms with Gasteiger partial charge in [0.25, 0.3) is 0 Å². The number of carbonyl (C=O) groups excluding carboxylic acids is 1. The van der Waals surface area contributed by atoms with E-state index in [2.05, 4.69) is 5.16 Å². The summed E-state index contributed by atoms with van der Waals surface area (Å²) in [5.41, 5.74) is 1.05. The number of aromatic nitrogens is 1. The summed E-state index contributed by atoms with van der Waals surface area (Å²) in [6.45, 7) is 3.62. The van der Waals surface area contributed by atoms with Gasteiger partial charge in [-0.1, -0.05) is 11.2 Å². The van der Waals surface area contributed by atoms with Crippen LogP contribution >= 0.6 is 0 Å². The van der Waals surface area contributed by atoms with Gasteiger partial charge >= 0.3 is 5.97 Å². The van der Waals surface area contributed by atoms with Crippen molar-refractivity contribution >= 4 is 5.97 Å². The molecule has 0 fully saturated rings. The summed E-state index contributed by atoms with van der Waals surface area (Å²) >= 11 is 0. The van der Waals surface area contributed by atoms with Crippen molar-refractivity contribution in [2.24, 2.45) is 0 Å². The van der Waals surface area contributed by atoms with Gasteiger partial charge in [-0.3, -0.25) is 0 Å². The third-order valence-electron chi connectivity index (χ3n) is 2.95.